The minimum atomic E-state index is 0.398. The van der Waals surface area contributed by atoms with Crippen LogP contribution in [0.5, 0.6) is 5.75 Å². The molecule has 1 heterocycles. The Morgan fingerprint density at radius 3 is 2.95 bits per heavy atom. The zero-order valence-corrected chi connectivity index (χ0v) is 12.5. The summed E-state index contributed by atoms with van der Waals surface area (Å²) in [6, 6.07) is 10.2. The van der Waals surface area contributed by atoms with Gasteiger partial charge in [0.15, 0.2) is 0 Å². The predicted molar refractivity (Wildman–Crippen MR) is 85.4 cm³/mol. The summed E-state index contributed by atoms with van der Waals surface area (Å²) >= 11 is 1.72. The highest BCUT2D eigenvalue weighted by Crippen LogP contribution is 2.23. The van der Waals surface area contributed by atoms with E-state index in [9.17, 15) is 0 Å². The van der Waals surface area contributed by atoms with Crippen LogP contribution >= 0.6 is 11.3 Å². The third kappa shape index (κ3) is 3.77. The van der Waals surface area contributed by atoms with E-state index in [1.807, 2.05) is 18.2 Å². The Balaban J connectivity index is 2.06. The van der Waals surface area contributed by atoms with E-state index in [0.717, 1.165) is 23.5 Å². The summed E-state index contributed by atoms with van der Waals surface area (Å²) < 4.78 is 5.25. The van der Waals surface area contributed by atoms with Crippen molar-refractivity contribution in [3.05, 3.63) is 46.2 Å². The van der Waals surface area contributed by atoms with Crippen molar-refractivity contribution < 1.29 is 4.74 Å². The molecule has 20 heavy (non-hydrogen) atoms. The topological polar surface area (TPSA) is 38.5 Å². The molecule has 0 bridgehead atoms. The van der Waals surface area contributed by atoms with E-state index in [1.165, 1.54) is 4.88 Å². The fourth-order valence-corrected chi connectivity index (χ4v) is 2.72. The number of ether oxygens (including phenoxy) is 1. The summed E-state index contributed by atoms with van der Waals surface area (Å²) in [5.74, 6) is 6.80. The van der Waals surface area contributed by atoms with Crippen LogP contribution in [-0.4, -0.2) is 20.7 Å². The van der Waals surface area contributed by atoms with Crippen LogP contribution in [0.15, 0.2) is 35.7 Å². The van der Waals surface area contributed by atoms with Gasteiger partial charge in [-0.3, -0.25) is 0 Å². The number of thiophene rings is 1. The van der Waals surface area contributed by atoms with Crippen LogP contribution in [0.3, 0.4) is 0 Å². The lowest BCUT2D eigenvalue weighted by molar-refractivity contribution is 0.415. The molecular weight excluding hydrogens is 268 g/mol. The number of hydrogen-bond donors (Lipinski definition) is 1. The molecular formula is C16H18N2OS. The standard InChI is InChI=1S/C16H18N2OS/c1-18(14-6-3-7-15(10-14)19-2)11-16-9-13(12-20-16)5-4-8-17/h3,6-7,9-10,12H,8,11,17H2,1-2H3. The molecule has 0 radical (unpaired) electrons. The quantitative estimate of drug-likeness (QED) is 0.878. The predicted octanol–water partition coefficient (Wildman–Crippen LogP) is 2.70. The highest BCUT2D eigenvalue weighted by molar-refractivity contribution is 7.10. The summed E-state index contributed by atoms with van der Waals surface area (Å²) in [5.41, 5.74) is 7.55. The highest BCUT2D eigenvalue weighted by Gasteiger charge is 2.05. The Bertz CT molecular complexity index is 625. The maximum atomic E-state index is 5.38. The molecule has 0 saturated heterocycles. The SMILES string of the molecule is COc1cccc(N(C)Cc2cc(C#CCN)cs2)c1. The average Bonchev–Trinajstić information content (AvgIpc) is 2.92. The molecule has 2 aromatic rings. The van der Waals surface area contributed by atoms with Gasteiger partial charge in [-0.15, -0.1) is 11.3 Å². The Hall–Kier alpha value is -1.96. The Morgan fingerprint density at radius 2 is 2.20 bits per heavy atom. The van der Waals surface area contributed by atoms with Gasteiger partial charge in [0.2, 0.25) is 0 Å². The summed E-state index contributed by atoms with van der Waals surface area (Å²) in [5, 5.41) is 2.07. The fraction of sp³-hybridized carbons (Fsp3) is 0.250. The maximum absolute atomic E-state index is 5.38. The molecule has 1 aromatic carbocycles. The van der Waals surface area contributed by atoms with Crippen LogP contribution in [0.2, 0.25) is 0 Å². The first kappa shape index (κ1) is 14.4. The zero-order chi connectivity index (χ0) is 14.4. The average molecular weight is 286 g/mol. The Labute approximate surface area is 124 Å². The molecule has 0 amide bonds. The smallest absolute Gasteiger partial charge is 0.120 e. The molecule has 0 aliphatic rings. The number of rotatable bonds is 4. The van der Waals surface area contributed by atoms with Gasteiger partial charge in [0, 0.05) is 34.6 Å². The van der Waals surface area contributed by atoms with Crippen LogP contribution in [-0.2, 0) is 6.54 Å². The number of nitrogens with two attached hydrogens (primary N) is 1. The molecule has 0 saturated carbocycles. The lowest BCUT2D eigenvalue weighted by Gasteiger charge is -2.18. The minimum absolute atomic E-state index is 0.398. The van der Waals surface area contributed by atoms with Crippen molar-refractivity contribution in [3.8, 4) is 17.6 Å². The van der Waals surface area contributed by atoms with Crippen molar-refractivity contribution >= 4 is 17.0 Å². The van der Waals surface area contributed by atoms with Gasteiger partial charge in [0.25, 0.3) is 0 Å². The zero-order valence-electron chi connectivity index (χ0n) is 11.7. The van der Waals surface area contributed by atoms with Crippen LogP contribution in [0.1, 0.15) is 10.4 Å². The monoisotopic (exact) mass is 286 g/mol. The van der Waals surface area contributed by atoms with Crippen molar-refractivity contribution in [3.63, 3.8) is 0 Å². The van der Waals surface area contributed by atoms with Crippen molar-refractivity contribution in [2.75, 3.05) is 25.6 Å². The van der Waals surface area contributed by atoms with Crippen molar-refractivity contribution in [2.45, 2.75) is 6.54 Å². The molecule has 0 unspecified atom stereocenters. The molecule has 0 spiro atoms. The first-order chi connectivity index (χ1) is 9.72. The van der Waals surface area contributed by atoms with E-state index in [0.29, 0.717) is 6.54 Å². The van der Waals surface area contributed by atoms with Gasteiger partial charge in [-0.1, -0.05) is 17.9 Å². The van der Waals surface area contributed by atoms with Crippen LogP contribution in [0, 0.1) is 11.8 Å². The third-order valence-electron chi connectivity index (χ3n) is 2.88. The third-order valence-corrected chi connectivity index (χ3v) is 3.80. The molecule has 3 nitrogen and oxygen atoms in total. The van der Waals surface area contributed by atoms with Crippen molar-refractivity contribution in [1.82, 2.24) is 0 Å². The fourth-order valence-electron chi connectivity index (χ4n) is 1.86. The van der Waals surface area contributed by atoms with Gasteiger partial charge < -0.3 is 15.4 Å². The first-order valence-electron chi connectivity index (χ1n) is 6.34. The Kier molecular flexibility index (Phi) is 5.05. The Morgan fingerprint density at radius 1 is 1.35 bits per heavy atom. The molecule has 2 N–H and O–H groups in total. The van der Waals surface area contributed by atoms with E-state index in [1.54, 1.807) is 18.4 Å². The second kappa shape index (κ2) is 6.99. The number of nitrogens with zero attached hydrogens (tertiary/aromatic N) is 1. The number of benzene rings is 1. The van der Waals surface area contributed by atoms with Gasteiger partial charge in [-0.25, -0.2) is 0 Å². The van der Waals surface area contributed by atoms with E-state index < -0.39 is 0 Å². The van der Waals surface area contributed by atoms with Gasteiger partial charge in [0.05, 0.1) is 20.2 Å². The van der Waals surface area contributed by atoms with E-state index >= 15 is 0 Å². The van der Waals surface area contributed by atoms with Crippen LogP contribution in [0.4, 0.5) is 5.69 Å². The van der Waals surface area contributed by atoms with E-state index in [4.69, 9.17) is 10.5 Å². The molecule has 104 valence electrons. The number of anilines is 1. The second-order valence-electron chi connectivity index (χ2n) is 4.37. The van der Waals surface area contributed by atoms with E-state index in [2.05, 4.69) is 41.3 Å². The largest absolute Gasteiger partial charge is 0.497 e. The van der Waals surface area contributed by atoms with Crippen molar-refractivity contribution in [2.24, 2.45) is 5.73 Å². The second-order valence-corrected chi connectivity index (χ2v) is 5.36. The summed E-state index contributed by atoms with van der Waals surface area (Å²) in [7, 11) is 3.75. The number of methoxy groups -OCH3 is 1. The van der Waals surface area contributed by atoms with Gasteiger partial charge >= 0.3 is 0 Å². The summed E-state index contributed by atoms with van der Waals surface area (Å²) in [4.78, 5) is 3.46. The normalized spacial score (nSPS) is 9.75. The van der Waals surface area contributed by atoms with Gasteiger partial charge in [-0.05, 0) is 18.2 Å². The van der Waals surface area contributed by atoms with Crippen LogP contribution < -0.4 is 15.4 Å². The summed E-state index contributed by atoms with van der Waals surface area (Å²) in [6.45, 7) is 1.25. The lowest BCUT2D eigenvalue weighted by atomic mass is 10.2. The maximum Gasteiger partial charge on any atom is 0.120 e. The highest BCUT2D eigenvalue weighted by atomic mass is 32.1. The van der Waals surface area contributed by atoms with Crippen molar-refractivity contribution in [1.29, 1.82) is 0 Å². The molecule has 0 aliphatic heterocycles. The van der Waals surface area contributed by atoms with E-state index in [-0.39, 0.29) is 0 Å². The number of hydrogen-bond acceptors (Lipinski definition) is 4. The first-order valence-corrected chi connectivity index (χ1v) is 7.22. The lowest BCUT2D eigenvalue weighted by Crippen LogP contribution is -2.15. The molecule has 2 rings (SSSR count). The molecule has 0 aliphatic carbocycles. The molecule has 1 aromatic heterocycles. The van der Waals surface area contributed by atoms with Gasteiger partial charge in [0.1, 0.15) is 5.75 Å². The minimum Gasteiger partial charge on any atom is -0.497 e. The van der Waals surface area contributed by atoms with Crippen LogP contribution in [0.25, 0.3) is 0 Å². The molecule has 0 fully saturated rings. The molecule has 0 atom stereocenters. The van der Waals surface area contributed by atoms with Gasteiger partial charge in [-0.2, -0.15) is 0 Å². The molecule has 4 heteroatoms. The summed E-state index contributed by atoms with van der Waals surface area (Å²) in [6.07, 6.45) is 0.